The second kappa shape index (κ2) is 3.54. The molecular weight excluding hydrogens is 152 g/mol. The Hall–Kier alpha value is -1.09. The van der Waals surface area contributed by atoms with Gasteiger partial charge in [0.05, 0.1) is 0 Å². The molecule has 1 atom stereocenters. The summed E-state index contributed by atoms with van der Waals surface area (Å²) in [4.78, 5) is 11.1. The number of pyridine rings is 1. The second-order valence-electron chi connectivity index (χ2n) is 2.88. The standard InChI is InChI=1S/C9H14N2O/c1-3-11-6-8(7(2)10)4-5-9(11)12/h4-7H,3,10H2,1-2H3. The molecule has 0 spiro atoms. The minimum absolute atomic E-state index is 0.0107. The Bertz CT molecular complexity index is 315. The van der Waals surface area contributed by atoms with Gasteiger partial charge in [-0.3, -0.25) is 4.79 Å². The summed E-state index contributed by atoms with van der Waals surface area (Å²) < 4.78 is 1.65. The third-order valence-corrected chi connectivity index (χ3v) is 1.87. The lowest BCUT2D eigenvalue weighted by Gasteiger charge is -2.07. The van der Waals surface area contributed by atoms with Crippen LogP contribution in [-0.2, 0) is 6.54 Å². The summed E-state index contributed by atoms with van der Waals surface area (Å²) in [7, 11) is 0. The number of nitrogens with two attached hydrogens (primary N) is 1. The summed E-state index contributed by atoms with van der Waals surface area (Å²) in [6, 6.07) is 3.32. The van der Waals surface area contributed by atoms with Gasteiger partial charge in [-0.05, 0) is 19.4 Å². The summed E-state index contributed by atoms with van der Waals surface area (Å²) in [6.07, 6.45) is 1.81. The molecule has 0 aliphatic heterocycles. The molecule has 12 heavy (non-hydrogen) atoms. The van der Waals surface area contributed by atoms with E-state index in [1.807, 2.05) is 20.0 Å². The van der Waals surface area contributed by atoms with Gasteiger partial charge >= 0.3 is 0 Å². The zero-order chi connectivity index (χ0) is 9.14. The fraction of sp³-hybridized carbons (Fsp3) is 0.444. The Morgan fingerprint density at radius 1 is 1.58 bits per heavy atom. The molecule has 3 heteroatoms. The number of nitrogens with zero attached hydrogens (tertiary/aromatic N) is 1. The number of rotatable bonds is 2. The highest BCUT2D eigenvalue weighted by atomic mass is 16.1. The van der Waals surface area contributed by atoms with Crippen LogP contribution in [0.25, 0.3) is 0 Å². The van der Waals surface area contributed by atoms with E-state index in [9.17, 15) is 4.79 Å². The molecule has 0 saturated carbocycles. The molecule has 0 fully saturated rings. The first-order valence-corrected chi connectivity index (χ1v) is 4.11. The van der Waals surface area contributed by atoms with Crippen molar-refractivity contribution in [3.05, 3.63) is 34.2 Å². The fourth-order valence-corrected chi connectivity index (χ4v) is 1.07. The summed E-state index contributed by atoms with van der Waals surface area (Å²) in [5, 5.41) is 0. The van der Waals surface area contributed by atoms with Crippen LogP contribution in [0.4, 0.5) is 0 Å². The summed E-state index contributed by atoms with van der Waals surface area (Å²) in [5.74, 6) is 0. The minimum Gasteiger partial charge on any atom is -0.324 e. The lowest BCUT2D eigenvalue weighted by molar-refractivity contribution is 0.700. The van der Waals surface area contributed by atoms with E-state index < -0.39 is 0 Å². The van der Waals surface area contributed by atoms with E-state index in [-0.39, 0.29) is 11.6 Å². The van der Waals surface area contributed by atoms with E-state index in [0.29, 0.717) is 6.54 Å². The number of aryl methyl sites for hydroxylation is 1. The van der Waals surface area contributed by atoms with Gasteiger partial charge in [-0.15, -0.1) is 0 Å². The Morgan fingerprint density at radius 3 is 2.75 bits per heavy atom. The van der Waals surface area contributed by atoms with E-state index in [4.69, 9.17) is 5.73 Å². The molecule has 0 amide bonds. The molecule has 0 aliphatic rings. The van der Waals surface area contributed by atoms with Gasteiger partial charge in [0.25, 0.3) is 5.56 Å². The van der Waals surface area contributed by atoms with Crippen LogP contribution in [-0.4, -0.2) is 4.57 Å². The first kappa shape index (κ1) is 9.00. The molecule has 66 valence electrons. The molecule has 1 unspecified atom stereocenters. The quantitative estimate of drug-likeness (QED) is 0.709. The van der Waals surface area contributed by atoms with E-state index in [0.717, 1.165) is 5.56 Å². The lowest BCUT2D eigenvalue weighted by atomic mass is 10.1. The van der Waals surface area contributed by atoms with E-state index in [1.54, 1.807) is 16.7 Å². The molecule has 0 saturated heterocycles. The molecule has 2 N–H and O–H groups in total. The lowest BCUT2D eigenvalue weighted by Crippen LogP contribution is -2.19. The number of hydrogen-bond donors (Lipinski definition) is 1. The predicted octanol–water partition coefficient (Wildman–Crippen LogP) is 0.888. The van der Waals surface area contributed by atoms with Crippen LogP contribution < -0.4 is 11.3 Å². The van der Waals surface area contributed by atoms with Crippen LogP contribution >= 0.6 is 0 Å². The van der Waals surface area contributed by atoms with Gasteiger partial charge in [-0.25, -0.2) is 0 Å². The largest absolute Gasteiger partial charge is 0.324 e. The molecule has 0 radical (unpaired) electrons. The maximum Gasteiger partial charge on any atom is 0.250 e. The van der Waals surface area contributed by atoms with Gasteiger partial charge in [-0.1, -0.05) is 6.07 Å². The third-order valence-electron chi connectivity index (χ3n) is 1.87. The Balaban J connectivity index is 3.14. The first-order chi connectivity index (χ1) is 5.65. The number of aromatic nitrogens is 1. The van der Waals surface area contributed by atoms with Crippen molar-refractivity contribution >= 4 is 0 Å². The van der Waals surface area contributed by atoms with Crippen molar-refractivity contribution in [2.24, 2.45) is 5.73 Å². The Labute approximate surface area is 71.8 Å². The molecular formula is C9H14N2O. The van der Waals surface area contributed by atoms with Gasteiger partial charge in [0.1, 0.15) is 0 Å². The van der Waals surface area contributed by atoms with Crippen molar-refractivity contribution < 1.29 is 0 Å². The van der Waals surface area contributed by atoms with E-state index in [2.05, 4.69) is 0 Å². The first-order valence-electron chi connectivity index (χ1n) is 4.11. The molecule has 0 aromatic carbocycles. The highest BCUT2D eigenvalue weighted by Gasteiger charge is 2.00. The highest BCUT2D eigenvalue weighted by Crippen LogP contribution is 2.05. The van der Waals surface area contributed by atoms with Crippen molar-refractivity contribution in [1.82, 2.24) is 4.57 Å². The molecule has 1 rings (SSSR count). The maximum absolute atomic E-state index is 11.1. The van der Waals surface area contributed by atoms with E-state index >= 15 is 0 Å². The third kappa shape index (κ3) is 1.74. The summed E-state index contributed by atoms with van der Waals surface area (Å²) >= 11 is 0. The van der Waals surface area contributed by atoms with Gasteiger partial charge in [-0.2, -0.15) is 0 Å². The predicted molar refractivity (Wildman–Crippen MR) is 49.0 cm³/mol. The van der Waals surface area contributed by atoms with Crippen LogP contribution in [0.1, 0.15) is 25.5 Å². The molecule has 0 bridgehead atoms. The molecule has 1 heterocycles. The SMILES string of the molecule is CCn1cc(C(C)N)ccc1=O. The van der Waals surface area contributed by atoms with Crippen LogP contribution in [0.5, 0.6) is 0 Å². The van der Waals surface area contributed by atoms with Crippen molar-refractivity contribution in [1.29, 1.82) is 0 Å². The number of hydrogen-bond acceptors (Lipinski definition) is 2. The molecule has 3 nitrogen and oxygen atoms in total. The molecule has 1 aromatic heterocycles. The van der Waals surface area contributed by atoms with Gasteiger partial charge in [0.2, 0.25) is 0 Å². The molecule has 0 aliphatic carbocycles. The Kier molecular flexibility index (Phi) is 2.65. The summed E-state index contributed by atoms with van der Waals surface area (Å²) in [6.45, 7) is 4.53. The van der Waals surface area contributed by atoms with Gasteiger partial charge in [0.15, 0.2) is 0 Å². The van der Waals surface area contributed by atoms with Crippen LogP contribution in [0.3, 0.4) is 0 Å². The zero-order valence-electron chi connectivity index (χ0n) is 7.45. The van der Waals surface area contributed by atoms with Crippen molar-refractivity contribution in [2.75, 3.05) is 0 Å². The van der Waals surface area contributed by atoms with Crippen LogP contribution in [0.2, 0.25) is 0 Å². The van der Waals surface area contributed by atoms with E-state index in [1.165, 1.54) is 0 Å². The Morgan fingerprint density at radius 2 is 2.25 bits per heavy atom. The van der Waals surface area contributed by atoms with Gasteiger partial charge in [0, 0.05) is 24.8 Å². The minimum atomic E-state index is -0.0107. The highest BCUT2D eigenvalue weighted by molar-refractivity contribution is 5.13. The van der Waals surface area contributed by atoms with Crippen molar-refractivity contribution in [2.45, 2.75) is 26.4 Å². The molecule has 1 aromatic rings. The van der Waals surface area contributed by atoms with Crippen LogP contribution in [0.15, 0.2) is 23.1 Å². The normalized spacial score (nSPS) is 12.9. The van der Waals surface area contributed by atoms with Crippen molar-refractivity contribution in [3.63, 3.8) is 0 Å². The van der Waals surface area contributed by atoms with Gasteiger partial charge < -0.3 is 10.3 Å². The maximum atomic E-state index is 11.1. The average molecular weight is 166 g/mol. The topological polar surface area (TPSA) is 48.0 Å². The summed E-state index contributed by atoms with van der Waals surface area (Å²) in [5.41, 5.74) is 6.70. The van der Waals surface area contributed by atoms with Crippen LogP contribution in [0, 0.1) is 0 Å². The van der Waals surface area contributed by atoms with Crippen molar-refractivity contribution in [3.8, 4) is 0 Å². The monoisotopic (exact) mass is 166 g/mol. The smallest absolute Gasteiger partial charge is 0.250 e. The zero-order valence-corrected chi connectivity index (χ0v) is 7.45. The fourth-order valence-electron chi connectivity index (χ4n) is 1.07. The average Bonchev–Trinajstić information content (AvgIpc) is 2.05. The second-order valence-corrected chi connectivity index (χ2v) is 2.88.